The molecule has 4 rings (SSSR count). The number of ether oxygens (including phenoxy) is 4. The van der Waals surface area contributed by atoms with Crippen LogP contribution in [0.15, 0.2) is 24.3 Å². The van der Waals surface area contributed by atoms with Crippen LogP contribution in [0.25, 0.3) is 0 Å². The van der Waals surface area contributed by atoms with Gasteiger partial charge in [-0.2, -0.15) is 0 Å². The number of hydrogen-bond acceptors (Lipinski definition) is 14. The van der Waals surface area contributed by atoms with Gasteiger partial charge in [-0.25, -0.2) is 0 Å². The fourth-order valence-electron chi connectivity index (χ4n) is 4.93. The molecule has 0 saturated carbocycles. The Bertz CT molecular complexity index is 1180. The third kappa shape index (κ3) is 6.36. The number of aliphatic hydroxyl groups excluding tert-OH is 8. The lowest BCUT2D eigenvalue weighted by Gasteiger charge is -2.39. The van der Waals surface area contributed by atoms with E-state index in [2.05, 4.69) is 0 Å². The van der Waals surface area contributed by atoms with Gasteiger partial charge < -0.3 is 70.0 Å². The lowest BCUT2D eigenvalue weighted by molar-refractivity contribution is -0.277. The van der Waals surface area contributed by atoms with E-state index in [1.54, 1.807) is 13.8 Å². The van der Waals surface area contributed by atoms with Crippen molar-refractivity contribution in [3.8, 4) is 23.0 Å². The van der Waals surface area contributed by atoms with Crippen molar-refractivity contribution in [2.45, 2.75) is 81.7 Å². The summed E-state index contributed by atoms with van der Waals surface area (Å²) in [4.78, 5) is 0. The molecule has 10 atom stereocenters. The first-order valence-electron chi connectivity index (χ1n) is 13.0. The Morgan fingerprint density at radius 2 is 1.15 bits per heavy atom. The van der Waals surface area contributed by atoms with Crippen molar-refractivity contribution >= 4 is 0 Å². The van der Waals surface area contributed by atoms with Gasteiger partial charge in [0.15, 0.2) is 0 Å². The Hall–Kier alpha value is -2.76. The number of phenols is 2. The minimum absolute atomic E-state index is 0.0484. The summed E-state index contributed by atoms with van der Waals surface area (Å²) in [7, 11) is 0. The molecule has 14 nitrogen and oxygen atoms in total. The molecule has 0 radical (unpaired) electrons. The molecule has 2 saturated heterocycles. The number of hydrogen-bond donors (Lipinski definition) is 10. The number of aromatic hydroxyl groups is 2. The standard InChI is InChI=1S/C27H36O14/c1-10-3-12(30)5-17(39-27-25(37)23(35)21(33)19(9-29)41-27)15(10)7-14-11(2)4-13(6-16(14)31)38-26-24(36)22(34)20(32)18(8-28)40-26/h3-6,18-37H,7-9H2,1-2H3/t18-,19-,20-,21-,22+,23+,24-,25-,26+,27+/m1/s1. The monoisotopic (exact) mass is 584 g/mol. The second-order valence-corrected chi connectivity index (χ2v) is 10.3. The summed E-state index contributed by atoms with van der Waals surface area (Å²) >= 11 is 0. The minimum atomic E-state index is -1.68. The Morgan fingerprint density at radius 1 is 0.634 bits per heavy atom. The molecule has 2 heterocycles. The lowest BCUT2D eigenvalue weighted by Crippen LogP contribution is -2.60. The summed E-state index contributed by atoms with van der Waals surface area (Å²) in [5.74, 6) is -0.286. The highest BCUT2D eigenvalue weighted by Crippen LogP contribution is 2.37. The van der Waals surface area contributed by atoms with Crippen LogP contribution in [0.3, 0.4) is 0 Å². The fraction of sp³-hybridized carbons (Fsp3) is 0.556. The van der Waals surface area contributed by atoms with Crippen molar-refractivity contribution in [2.24, 2.45) is 0 Å². The van der Waals surface area contributed by atoms with E-state index >= 15 is 0 Å². The van der Waals surface area contributed by atoms with Crippen molar-refractivity contribution in [3.05, 3.63) is 46.5 Å². The zero-order valence-corrected chi connectivity index (χ0v) is 22.3. The van der Waals surface area contributed by atoms with Crippen LogP contribution in [0.2, 0.25) is 0 Å². The Morgan fingerprint density at radius 3 is 1.66 bits per heavy atom. The number of phenolic OH excluding ortho intramolecular Hbond substituents is 2. The average Bonchev–Trinajstić information content (AvgIpc) is 2.92. The molecular formula is C27H36O14. The van der Waals surface area contributed by atoms with Gasteiger partial charge in [0.25, 0.3) is 0 Å². The molecule has 0 spiro atoms. The van der Waals surface area contributed by atoms with Crippen LogP contribution in [0.1, 0.15) is 22.3 Å². The number of aryl methyl sites for hydroxylation is 2. The summed E-state index contributed by atoms with van der Waals surface area (Å²) in [5.41, 5.74) is 1.96. The van der Waals surface area contributed by atoms with Gasteiger partial charge in [0, 0.05) is 29.7 Å². The molecule has 0 amide bonds. The van der Waals surface area contributed by atoms with E-state index < -0.39 is 74.6 Å². The van der Waals surface area contributed by atoms with E-state index in [4.69, 9.17) is 18.9 Å². The van der Waals surface area contributed by atoms with Gasteiger partial charge in [0.1, 0.15) is 71.8 Å². The summed E-state index contributed by atoms with van der Waals surface area (Å²) in [5, 5.41) is 101. The SMILES string of the molecule is Cc1cc(O[C@H]2O[C@H](CO)[C@@H](O)[C@H](O)[C@H]2O)cc(O)c1Cc1c(C)cc(O)cc1O[C@H]1O[C@H](CO)[C@@H](O)[C@H](O)[C@H]1O. The van der Waals surface area contributed by atoms with Crippen LogP contribution < -0.4 is 9.47 Å². The predicted octanol–water partition coefficient (Wildman–Crippen LogP) is -2.34. The first-order valence-corrected chi connectivity index (χ1v) is 13.0. The van der Waals surface area contributed by atoms with E-state index in [1.165, 1.54) is 24.3 Å². The molecule has 41 heavy (non-hydrogen) atoms. The Kier molecular flexibility index (Phi) is 9.60. The van der Waals surface area contributed by atoms with E-state index in [0.29, 0.717) is 22.3 Å². The van der Waals surface area contributed by atoms with Gasteiger partial charge in [-0.1, -0.05) is 0 Å². The van der Waals surface area contributed by atoms with Crippen LogP contribution in [0, 0.1) is 13.8 Å². The Labute approximate surface area is 234 Å². The maximum Gasteiger partial charge on any atom is 0.229 e. The fourth-order valence-corrected chi connectivity index (χ4v) is 4.93. The molecule has 2 fully saturated rings. The maximum atomic E-state index is 10.9. The quantitative estimate of drug-likeness (QED) is 0.157. The highest BCUT2D eigenvalue weighted by atomic mass is 16.7. The molecule has 0 unspecified atom stereocenters. The van der Waals surface area contributed by atoms with Gasteiger partial charge in [-0.3, -0.25) is 0 Å². The largest absolute Gasteiger partial charge is 0.508 e. The molecule has 2 aromatic rings. The molecule has 2 aromatic carbocycles. The normalized spacial score (nSPS) is 33.9. The smallest absolute Gasteiger partial charge is 0.229 e. The van der Waals surface area contributed by atoms with Gasteiger partial charge >= 0.3 is 0 Å². The highest BCUT2D eigenvalue weighted by molar-refractivity contribution is 5.53. The zero-order valence-electron chi connectivity index (χ0n) is 22.3. The summed E-state index contributed by atoms with van der Waals surface area (Å²) in [6, 6.07) is 5.49. The summed E-state index contributed by atoms with van der Waals surface area (Å²) in [6.07, 6.45) is -15.1. The minimum Gasteiger partial charge on any atom is -0.508 e. The molecule has 2 aliphatic rings. The Balaban J connectivity index is 1.58. The molecule has 0 aliphatic carbocycles. The van der Waals surface area contributed by atoms with Crippen LogP contribution in [0.4, 0.5) is 0 Å². The second-order valence-electron chi connectivity index (χ2n) is 10.3. The molecule has 0 bridgehead atoms. The molecule has 0 aromatic heterocycles. The van der Waals surface area contributed by atoms with Crippen molar-refractivity contribution in [3.63, 3.8) is 0 Å². The second kappa shape index (κ2) is 12.6. The van der Waals surface area contributed by atoms with Crippen LogP contribution in [-0.4, -0.2) is 126 Å². The van der Waals surface area contributed by atoms with Crippen molar-refractivity contribution in [2.75, 3.05) is 13.2 Å². The van der Waals surface area contributed by atoms with E-state index in [-0.39, 0.29) is 29.4 Å². The van der Waals surface area contributed by atoms with Gasteiger partial charge in [0.2, 0.25) is 12.6 Å². The molecule has 10 N–H and O–H groups in total. The number of benzene rings is 2. The highest BCUT2D eigenvalue weighted by Gasteiger charge is 2.46. The van der Waals surface area contributed by atoms with Crippen LogP contribution >= 0.6 is 0 Å². The zero-order chi connectivity index (χ0) is 30.2. The molecular weight excluding hydrogens is 548 g/mol. The number of rotatable bonds is 8. The summed E-state index contributed by atoms with van der Waals surface area (Å²) < 4.78 is 22.2. The summed E-state index contributed by atoms with van der Waals surface area (Å²) in [6.45, 7) is 2.07. The van der Waals surface area contributed by atoms with E-state index in [9.17, 15) is 51.1 Å². The van der Waals surface area contributed by atoms with E-state index in [1.807, 2.05) is 0 Å². The first-order chi connectivity index (χ1) is 19.4. The molecule has 2 aliphatic heterocycles. The van der Waals surface area contributed by atoms with Crippen LogP contribution in [-0.2, 0) is 15.9 Å². The molecule has 14 heteroatoms. The predicted molar refractivity (Wildman–Crippen MR) is 137 cm³/mol. The average molecular weight is 585 g/mol. The first kappa shape index (κ1) is 31.2. The number of aliphatic hydroxyl groups is 8. The van der Waals surface area contributed by atoms with Crippen molar-refractivity contribution in [1.82, 2.24) is 0 Å². The molecule has 228 valence electrons. The van der Waals surface area contributed by atoms with Gasteiger partial charge in [-0.05, 0) is 37.1 Å². The third-order valence-corrected chi connectivity index (χ3v) is 7.39. The van der Waals surface area contributed by atoms with Crippen molar-refractivity contribution < 1.29 is 70.0 Å². The topological polar surface area (TPSA) is 239 Å². The van der Waals surface area contributed by atoms with Crippen LogP contribution in [0.5, 0.6) is 23.0 Å². The van der Waals surface area contributed by atoms with E-state index in [0.717, 1.165) is 0 Å². The maximum absolute atomic E-state index is 10.9. The van der Waals surface area contributed by atoms with Gasteiger partial charge in [0.05, 0.1) is 13.2 Å². The van der Waals surface area contributed by atoms with Gasteiger partial charge in [-0.15, -0.1) is 0 Å². The third-order valence-electron chi connectivity index (χ3n) is 7.39. The lowest BCUT2D eigenvalue weighted by atomic mass is 9.95. The van der Waals surface area contributed by atoms with Crippen molar-refractivity contribution in [1.29, 1.82) is 0 Å².